The molecule has 2 aromatic heterocycles. The molecule has 0 saturated carbocycles. The van der Waals surface area contributed by atoms with Crippen molar-refractivity contribution < 1.29 is 10.2 Å². The molecule has 0 radical (unpaired) electrons. The van der Waals surface area contributed by atoms with Gasteiger partial charge >= 0.3 is 0 Å². The maximum Gasteiger partial charge on any atom is 0.198 e. The van der Waals surface area contributed by atoms with Gasteiger partial charge in [0.1, 0.15) is 5.60 Å². The molecule has 0 aliphatic rings. The van der Waals surface area contributed by atoms with E-state index < -0.39 is 5.60 Å². The maximum atomic E-state index is 11.2. The first-order valence-corrected chi connectivity index (χ1v) is 7.97. The van der Waals surface area contributed by atoms with Gasteiger partial charge in [-0.3, -0.25) is 0 Å². The smallest absolute Gasteiger partial charge is 0.198 e. The van der Waals surface area contributed by atoms with Gasteiger partial charge in [0.15, 0.2) is 5.88 Å². The summed E-state index contributed by atoms with van der Waals surface area (Å²) >= 11 is 0. The molecule has 5 nitrogen and oxygen atoms in total. The van der Waals surface area contributed by atoms with Crippen LogP contribution in [0.25, 0.3) is 21.5 Å². The van der Waals surface area contributed by atoms with Crippen LogP contribution >= 0.6 is 0 Å². The predicted octanol–water partition coefficient (Wildman–Crippen LogP) is 3.41. The molecule has 4 aromatic rings. The number of aliphatic hydroxyl groups is 1. The lowest BCUT2D eigenvalue weighted by molar-refractivity contribution is 0.0725. The van der Waals surface area contributed by atoms with E-state index in [-0.39, 0.29) is 5.88 Å². The number of nitrogens with one attached hydrogen (secondary N) is 1. The minimum Gasteiger partial charge on any atom is -0.494 e. The summed E-state index contributed by atoms with van der Waals surface area (Å²) in [6, 6.07) is 9.84. The molecule has 122 valence electrons. The van der Waals surface area contributed by atoms with Crippen molar-refractivity contribution in [3.05, 3.63) is 60.3 Å². The van der Waals surface area contributed by atoms with Crippen LogP contribution in [-0.2, 0) is 12.6 Å². The van der Waals surface area contributed by atoms with Gasteiger partial charge in [0, 0.05) is 24.0 Å². The molecule has 0 amide bonds. The second kappa shape index (κ2) is 5.11. The quantitative estimate of drug-likeness (QED) is 0.541. The largest absolute Gasteiger partial charge is 0.494 e. The molecular formula is C19H19N3O2. The van der Waals surface area contributed by atoms with E-state index in [1.165, 1.54) is 0 Å². The maximum absolute atomic E-state index is 11.2. The first-order valence-electron chi connectivity index (χ1n) is 7.97. The number of aromatic amines is 1. The van der Waals surface area contributed by atoms with Crippen molar-refractivity contribution in [1.82, 2.24) is 14.5 Å². The van der Waals surface area contributed by atoms with Gasteiger partial charge in [-0.05, 0) is 34.9 Å². The Balaban J connectivity index is 1.94. The fourth-order valence-corrected chi connectivity index (χ4v) is 3.42. The zero-order chi connectivity index (χ0) is 16.9. The van der Waals surface area contributed by atoms with Crippen LogP contribution in [0.5, 0.6) is 5.88 Å². The van der Waals surface area contributed by atoms with Gasteiger partial charge in [0.2, 0.25) is 0 Å². The number of aryl methyl sites for hydroxylation is 1. The number of hydrogen-bond acceptors (Lipinski definition) is 3. The highest BCUT2D eigenvalue weighted by Gasteiger charge is 2.31. The normalized spacial score (nSPS) is 14.3. The molecule has 0 aliphatic heterocycles. The van der Waals surface area contributed by atoms with Crippen LogP contribution in [0.15, 0.2) is 49.1 Å². The molecule has 0 spiro atoms. The van der Waals surface area contributed by atoms with Crippen LogP contribution in [0, 0.1) is 0 Å². The van der Waals surface area contributed by atoms with Crippen molar-refractivity contribution in [3.8, 4) is 5.88 Å². The third kappa shape index (κ3) is 1.95. The zero-order valence-electron chi connectivity index (χ0n) is 13.6. The van der Waals surface area contributed by atoms with E-state index in [4.69, 9.17) is 0 Å². The zero-order valence-corrected chi connectivity index (χ0v) is 13.6. The number of benzene rings is 2. The fourth-order valence-electron chi connectivity index (χ4n) is 3.42. The van der Waals surface area contributed by atoms with Gasteiger partial charge in [-0.2, -0.15) is 0 Å². The van der Waals surface area contributed by atoms with Crippen LogP contribution in [0.4, 0.5) is 0 Å². The van der Waals surface area contributed by atoms with Gasteiger partial charge in [0.05, 0.1) is 18.2 Å². The highest BCUT2D eigenvalue weighted by atomic mass is 16.3. The molecule has 1 atom stereocenters. The lowest BCUT2D eigenvalue weighted by atomic mass is 9.86. The Kier molecular flexibility index (Phi) is 3.15. The van der Waals surface area contributed by atoms with Crippen molar-refractivity contribution in [2.75, 3.05) is 0 Å². The third-order valence-corrected chi connectivity index (χ3v) is 4.89. The van der Waals surface area contributed by atoms with Crippen molar-refractivity contribution in [3.63, 3.8) is 0 Å². The molecule has 5 heteroatoms. The minimum absolute atomic E-state index is 0.262. The number of fused-ring (bicyclic) bond motifs is 3. The number of aromatic hydroxyl groups is 1. The van der Waals surface area contributed by atoms with E-state index >= 15 is 0 Å². The number of rotatable bonds is 3. The second-order valence-electron chi connectivity index (χ2n) is 6.21. The van der Waals surface area contributed by atoms with Crippen molar-refractivity contribution in [1.29, 1.82) is 0 Å². The molecule has 0 aliphatic carbocycles. The number of aromatic nitrogens is 3. The average molecular weight is 321 g/mol. The van der Waals surface area contributed by atoms with E-state index in [1.807, 2.05) is 50.5 Å². The number of nitrogens with zero attached hydrogens (tertiary/aromatic N) is 2. The minimum atomic E-state index is -1.10. The lowest BCUT2D eigenvalue weighted by Gasteiger charge is -2.26. The summed E-state index contributed by atoms with van der Waals surface area (Å²) < 4.78 is 1.71. The standard InChI is InChI=1S/C19H19N3O2/c1-3-19(24,17-9-20-11-21-17)13-5-7-14-12(8-13)4-6-15-16(14)10-22(2)18(15)23/h4-11,23-24H,3H2,1-2H3,(H,20,21). The third-order valence-electron chi connectivity index (χ3n) is 4.89. The molecule has 0 bridgehead atoms. The summed E-state index contributed by atoms with van der Waals surface area (Å²) in [7, 11) is 1.82. The number of imidazole rings is 1. The summed E-state index contributed by atoms with van der Waals surface area (Å²) in [6.45, 7) is 1.95. The Bertz CT molecular complexity index is 1030. The number of hydrogen-bond donors (Lipinski definition) is 3. The first-order chi connectivity index (χ1) is 11.5. The number of H-pyrrole nitrogens is 1. The van der Waals surface area contributed by atoms with E-state index in [1.54, 1.807) is 17.1 Å². The summed E-state index contributed by atoms with van der Waals surface area (Å²) in [5, 5.41) is 25.2. The van der Waals surface area contributed by atoms with Gasteiger partial charge in [0.25, 0.3) is 0 Å². The van der Waals surface area contributed by atoms with Crippen molar-refractivity contribution in [2.45, 2.75) is 18.9 Å². The Morgan fingerprint density at radius 1 is 1.17 bits per heavy atom. The molecule has 2 heterocycles. The second-order valence-corrected chi connectivity index (χ2v) is 6.21. The van der Waals surface area contributed by atoms with Gasteiger partial charge < -0.3 is 19.8 Å². The molecule has 3 N–H and O–H groups in total. The highest BCUT2D eigenvalue weighted by Crippen LogP contribution is 2.36. The van der Waals surface area contributed by atoms with Gasteiger partial charge in [-0.1, -0.05) is 25.1 Å². The van der Waals surface area contributed by atoms with Gasteiger partial charge in [-0.25, -0.2) is 4.98 Å². The molecule has 4 rings (SSSR count). The summed E-state index contributed by atoms with van der Waals surface area (Å²) in [6.07, 6.45) is 5.70. The molecule has 1 unspecified atom stereocenters. The Labute approximate surface area is 139 Å². The Morgan fingerprint density at radius 2 is 1.96 bits per heavy atom. The van der Waals surface area contributed by atoms with Crippen molar-refractivity contribution in [2.24, 2.45) is 7.05 Å². The van der Waals surface area contributed by atoms with Crippen LogP contribution in [-0.4, -0.2) is 24.7 Å². The average Bonchev–Trinajstić information content (AvgIpc) is 3.23. The van der Waals surface area contributed by atoms with Crippen LogP contribution in [0.3, 0.4) is 0 Å². The predicted molar refractivity (Wildman–Crippen MR) is 94.0 cm³/mol. The van der Waals surface area contributed by atoms with Crippen LogP contribution < -0.4 is 0 Å². The van der Waals surface area contributed by atoms with E-state index in [0.717, 1.165) is 27.1 Å². The monoisotopic (exact) mass is 321 g/mol. The van der Waals surface area contributed by atoms with Gasteiger partial charge in [-0.15, -0.1) is 0 Å². The Morgan fingerprint density at radius 3 is 2.67 bits per heavy atom. The molecule has 24 heavy (non-hydrogen) atoms. The van der Waals surface area contributed by atoms with E-state index in [2.05, 4.69) is 9.97 Å². The first kappa shape index (κ1) is 14.8. The highest BCUT2D eigenvalue weighted by molar-refractivity contribution is 6.09. The summed E-state index contributed by atoms with van der Waals surface area (Å²) in [5.74, 6) is 0.262. The lowest BCUT2D eigenvalue weighted by Crippen LogP contribution is -2.26. The van der Waals surface area contributed by atoms with E-state index in [9.17, 15) is 10.2 Å². The fraction of sp³-hybridized carbons (Fsp3) is 0.211. The summed E-state index contributed by atoms with van der Waals surface area (Å²) in [5.41, 5.74) is 0.405. The molecular weight excluding hydrogens is 302 g/mol. The van der Waals surface area contributed by atoms with Crippen molar-refractivity contribution >= 4 is 21.5 Å². The molecule has 0 fully saturated rings. The topological polar surface area (TPSA) is 74.1 Å². The van der Waals surface area contributed by atoms with E-state index in [0.29, 0.717) is 12.1 Å². The molecule has 2 aromatic carbocycles. The molecule has 0 saturated heterocycles. The Hall–Kier alpha value is -2.79. The van der Waals surface area contributed by atoms with Crippen LogP contribution in [0.2, 0.25) is 0 Å². The SMILES string of the molecule is CCC(O)(c1ccc2c(ccc3c(O)n(C)cc32)c1)c1cnc[nH]1. The van der Waals surface area contributed by atoms with Crippen LogP contribution in [0.1, 0.15) is 24.6 Å². The summed E-state index contributed by atoms with van der Waals surface area (Å²) in [4.78, 5) is 7.05.